The molecule has 110 valence electrons. The van der Waals surface area contributed by atoms with Gasteiger partial charge in [-0.1, -0.05) is 30.3 Å². The highest BCUT2D eigenvalue weighted by Crippen LogP contribution is 2.10. The standard InChI is InChI=1S/C15H23N3O2/c1-12(16)15(19)17-9-14-11-18(7-8-20-14)10-13-5-3-2-4-6-13/h2-6,12,14H,7-11,16H2,1H3,(H,17,19)/t12-,14?/m1/s1. The van der Waals surface area contributed by atoms with Crippen LogP contribution in [0.15, 0.2) is 30.3 Å². The summed E-state index contributed by atoms with van der Waals surface area (Å²) in [6.45, 7) is 5.57. The molecule has 1 fully saturated rings. The van der Waals surface area contributed by atoms with Crippen molar-refractivity contribution >= 4 is 5.91 Å². The molecule has 20 heavy (non-hydrogen) atoms. The molecule has 1 aromatic rings. The van der Waals surface area contributed by atoms with Gasteiger partial charge in [-0.3, -0.25) is 9.69 Å². The lowest BCUT2D eigenvalue weighted by Crippen LogP contribution is -2.49. The van der Waals surface area contributed by atoms with E-state index in [4.69, 9.17) is 10.5 Å². The Labute approximate surface area is 120 Å². The van der Waals surface area contributed by atoms with Crippen LogP contribution in [0.2, 0.25) is 0 Å². The van der Waals surface area contributed by atoms with Crippen LogP contribution in [0.3, 0.4) is 0 Å². The van der Waals surface area contributed by atoms with E-state index in [0.29, 0.717) is 13.2 Å². The van der Waals surface area contributed by atoms with Gasteiger partial charge in [-0.25, -0.2) is 0 Å². The number of amides is 1. The van der Waals surface area contributed by atoms with Crippen LogP contribution in [0, 0.1) is 0 Å². The van der Waals surface area contributed by atoms with Gasteiger partial charge in [0.05, 0.1) is 18.8 Å². The van der Waals surface area contributed by atoms with Crippen molar-refractivity contribution in [2.24, 2.45) is 5.73 Å². The molecule has 0 saturated carbocycles. The lowest BCUT2D eigenvalue weighted by atomic mass is 10.2. The molecule has 3 N–H and O–H groups in total. The van der Waals surface area contributed by atoms with E-state index in [9.17, 15) is 4.79 Å². The minimum atomic E-state index is -0.473. The molecule has 1 heterocycles. The highest BCUT2D eigenvalue weighted by atomic mass is 16.5. The molecule has 5 heteroatoms. The van der Waals surface area contributed by atoms with Crippen LogP contribution in [0.5, 0.6) is 0 Å². The van der Waals surface area contributed by atoms with Gasteiger partial charge in [-0.15, -0.1) is 0 Å². The zero-order valence-electron chi connectivity index (χ0n) is 11.9. The molecule has 1 saturated heterocycles. The van der Waals surface area contributed by atoms with Crippen LogP contribution in [0.4, 0.5) is 0 Å². The summed E-state index contributed by atoms with van der Waals surface area (Å²) in [5.74, 6) is -0.131. The van der Waals surface area contributed by atoms with E-state index >= 15 is 0 Å². The van der Waals surface area contributed by atoms with E-state index in [2.05, 4.69) is 34.5 Å². The number of rotatable bonds is 5. The molecule has 0 bridgehead atoms. The SMILES string of the molecule is C[C@@H](N)C(=O)NCC1CN(Cc2ccccc2)CCO1. The Balaban J connectivity index is 1.78. The van der Waals surface area contributed by atoms with Crippen LogP contribution < -0.4 is 11.1 Å². The summed E-state index contributed by atoms with van der Waals surface area (Å²) in [7, 11) is 0. The third-order valence-electron chi connectivity index (χ3n) is 3.39. The van der Waals surface area contributed by atoms with Crippen molar-refractivity contribution < 1.29 is 9.53 Å². The van der Waals surface area contributed by atoms with Crippen LogP contribution in [0.25, 0.3) is 0 Å². The first-order valence-electron chi connectivity index (χ1n) is 7.06. The van der Waals surface area contributed by atoms with Gasteiger partial charge in [-0.05, 0) is 12.5 Å². The van der Waals surface area contributed by atoms with E-state index in [1.54, 1.807) is 6.92 Å². The van der Waals surface area contributed by atoms with E-state index < -0.39 is 6.04 Å². The summed E-state index contributed by atoms with van der Waals surface area (Å²) in [6, 6.07) is 9.91. The van der Waals surface area contributed by atoms with Crippen LogP contribution in [-0.2, 0) is 16.1 Å². The van der Waals surface area contributed by atoms with Crippen LogP contribution in [0.1, 0.15) is 12.5 Å². The second kappa shape index (κ2) is 7.38. The Bertz CT molecular complexity index is 422. The van der Waals surface area contributed by atoms with Crippen LogP contribution >= 0.6 is 0 Å². The van der Waals surface area contributed by atoms with Gasteiger partial charge >= 0.3 is 0 Å². The Morgan fingerprint density at radius 2 is 2.25 bits per heavy atom. The maximum Gasteiger partial charge on any atom is 0.236 e. The predicted octanol–water partition coefficient (Wildman–Crippen LogP) is 0.351. The number of benzene rings is 1. The number of ether oxygens (including phenoxy) is 1. The molecule has 1 unspecified atom stereocenters. The summed E-state index contributed by atoms with van der Waals surface area (Å²) in [6.07, 6.45) is 0.0372. The first kappa shape index (κ1) is 15.0. The maximum absolute atomic E-state index is 11.5. The Morgan fingerprint density at radius 3 is 2.95 bits per heavy atom. The molecule has 0 spiro atoms. The molecule has 1 aliphatic heterocycles. The summed E-state index contributed by atoms with van der Waals surface area (Å²) in [5.41, 5.74) is 6.82. The maximum atomic E-state index is 11.5. The van der Waals surface area contributed by atoms with E-state index in [-0.39, 0.29) is 12.0 Å². The molecule has 2 rings (SSSR count). The smallest absolute Gasteiger partial charge is 0.236 e. The van der Waals surface area contributed by atoms with E-state index in [1.165, 1.54) is 5.56 Å². The van der Waals surface area contributed by atoms with Gasteiger partial charge in [0, 0.05) is 26.2 Å². The third kappa shape index (κ3) is 4.59. The number of carbonyl (C=O) groups excluding carboxylic acids is 1. The van der Waals surface area contributed by atoms with E-state index in [0.717, 1.165) is 19.6 Å². The largest absolute Gasteiger partial charge is 0.374 e. The number of nitrogens with zero attached hydrogens (tertiary/aromatic N) is 1. The number of nitrogens with one attached hydrogen (secondary N) is 1. The third-order valence-corrected chi connectivity index (χ3v) is 3.39. The second-order valence-corrected chi connectivity index (χ2v) is 5.25. The molecule has 1 aromatic carbocycles. The highest BCUT2D eigenvalue weighted by molar-refractivity contribution is 5.80. The van der Waals surface area contributed by atoms with Gasteiger partial charge < -0.3 is 15.8 Å². The molecular weight excluding hydrogens is 254 g/mol. The average Bonchev–Trinajstić information content (AvgIpc) is 2.46. The molecular formula is C15H23N3O2. The van der Waals surface area contributed by atoms with Crippen molar-refractivity contribution in [3.05, 3.63) is 35.9 Å². The molecule has 2 atom stereocenters. The number of hydrogen-bond acceptors (Lipinski definition) is 4. The fourth-order valence-electron chi connectivity index (χ4n) is 2.26. The fourth-order valence-corrected chi connectivity index (χ4v) is 2.26. The van der Waals surface area contributed by atoms with Crippen molar-refractivity contribution in [1.82, 2.24) is 10.2 Å². The van der Waals surface area contributed by atoms with Crippen molar-refractivity contribution in [1.29, 1.82) is 0 Å². The molecule has 1 amide bonds. The molecule has 0 aliphatic carbocycles. The van der Waals surface area contributed by atoms with Crippen molar-refractivity contribution in [2.45, 2.75) is 25.6 Å². The van der Waals surface area contributed by atoms with Crippen LogP contribution in [-0.4, -0.2) is 49.2 Å². The van der Waals surface area contributed by atoms with Gasteiger partial charge in [0.15, 0.2) is 0 Å². The van der Waals surface area contributed by atoms with E-state index in [1.807, 2.05) is 6.07 Å². The fraction of sp³-hybridized carbons (Fsp3) is 0.533. The summed E-state index contributed by atoms with van der Waals surface area (Å²) < 4.78 is 5.68. The van der Waals surface area contributed by atoms with Gasteiger partial charge in [0.2, 0.25) is 5.91 Å². The molecule has 1 aliphatic rings. The second-order valence-electron chi connectivity index (χ2n) is 5.25. The minimum absolute atomic E-state index is 0.0372. The normalized spacial score (nSPS) is 21.4. The lowest BCUT2D eigenvalue weighted by Gasteiger charge is -2.33. The first-order valence-corrected chi connectivity index (χ1v) is 7.06. The van der Waals surface area contributed by atoms with Gasteiger partial charge in [-0.2, -0.15) is 0 Å². The number of morpholine rings is 1. The Hall–Kier alpha value is -1.43. The molecule has 0 radical (unpaired) electrons. The number of nitrogens with two attached hydrogens (primary N) is 1. The first-order chi connectivity index (χ1) is 9.65. The minimum Gasteiger partial charge on any atom is -0.374 e. The summed E-state index contributed by atoms with van der Waals surface area (Å²) >= 11 is 0. The van der Waals surface area contributed by atoms with Crippen molar-refractivity contribution in [3.63, 3.8) is 0 Å². The number of hydrogen-bond donors (Lipinski definition) is 2. The number of carbonyl (C=O) groups is 1. The molecule has 0 aromatic heterocycles. The van der Waals surface area contributed by atoms with Crippen molar-refractivity contribution in [2.75, 3.05) is 26.2 Å². The Kier molecular flexibility index (Phi) is 5.52. The van der Waals surface area contributed by atoms with Gasteiger partial charge in [0.1, 0.15) is 0 Å². The average molecular weight is 277 g/mol. The zero-order valence-corrected chi connectivity index (χ0v) is 11.9. The topological polar surface area (TPSA) is 67.6 Å². The van der Waals surface area contributed by atoms with Gasteiger partial charge in [0.25, 0.3) is 0 Å². The highest BCUT2D eigenvalue weighted by Gasteiger charge is 2.21. The summed E-state index contributed by atoms with van der Waals surface area (Å²) in [4.78, 5) is 13.8. The monoisotopic (exact) mass is 277 g/mol. The molecule has 5 nitrogen and oxygen atoms in total. The quantitative estimate of drug-likeness (QED) is 0.815. The van der Waals surface area contributed by atoms with Crippen molar-refractivity contribution in [3.8, 4) is 0 Å². The predicted molar refractivity (Wildman–Crippen MR) is 78.1 cm³/mol. The summed E-state index contributed by atoms with van der Waals surface area (Å²) in [5, 5.41) is 2.82. The lowest BCUT2D eigenvalue weighted by molar-refractivity contribution is -0.123. The Morgan fingerprint density at radius 1 is 1.50 bits per heavy atom. The zero-order chi connectivity index (χ0) is 14.4.